The number of ether oxygens (including phenoxy) is 1. The molecule has 0 spiro atoms. The zero-order chi connectivity index (χ0) is 21.9. The molecule has 0 radical (unpaired) electrons. The highest BCUT2D eigenvalue weighted by atomic mass is 32.2. The number of rotatable bonds is 9. The topological polar surface area (TPSA) is 76.1 Å². The summed E-state index contributed by atoms with van der Waals surface area (Å²) in [5, 5.41) is 10.4. The van der Waals surface area contributed by atoms with Crippen molar-refractivity contribution in [3.63, 3.8) is 0 Å². The van der Waals surface area contributed by atoms with E-state index in [2.05, 4.69) is 40.4 Å². The van der Waals surface area contributed by atoms with Crippen molar-refractivity contribution in [1.29, 1.82) is 0 Å². The molecule has 0 aliphatic carbocycles. The summed E-state index contributed by atoms with van der Waals surface area (Å²) in [7, 11) is -2.08. The van der Waals surface area contributed by atoms with E-state index in [1.807, 2.05) is 13.2 Å². The van der Waals surface area contributed by atoms with Crippen LogP contribution in [0.2, 0.25) is 18.1 Å². The number of nitrogens with zero attached hydrogens (tertiary/aromatic N) is 1. The Bertz CT molecular complexity index is 620. The van der Waals surface area contributed by atoms with Crippen LogP contribution in [0.4, 0.5) is 0 Å². The van der Waals surface area contributed by atoms with Gasteiger partial charge in [0, 0.05) is 10.6 Å². The van der Waals surface area contributed by atoms with E-state index in [0.29, 0.717) is 10.6 Å². The van der Waals surface area contributed by atoms with Gasteiger partial charge in [-0.2, -0.15) is 0 Å². The highest BCUT2D eigenvalue weighted by molar-refractivity contribution is 8.22. The normalized spacial score (nSPS) is 22.3. The summed E-state index contributed by atoms with van der Waals surface area (Å²) >= 11 is 6.76. The van der Waals surface area contributed by atoms with E-state index in [4.69, 9.17) is 21.4 Å². The van der Waals surface area contributed by atoms with Crippen LogP contribution in [0.3, 0.4) is 0 Å². The number of carbonyl (C=O) groups excluding carboxylic acids is 2. The minimum Gasteiger partial charge on any atom is -0.458 e. The quantitative estimate of drug-likeness (QED) is 0.191. The van der Waals surface area contributed by atoms with Crippen molar-refractivity contribution in [3.05, 3.63) is 12.7 Å². The summed E-state index contributed by atoms with van der Waals surface area (Å²) in [6.45, 7) is 16.0. The molecule has 4 atom stereocenters. The van der Waals surface area contributed by atoms with E-state index in [0.717, 1.165) is 0 Å². The summed E-state index contributed by atoms with van der Waals surface area (Å²) in [6, 6.07) is -0.404. The average Bonchev–Trinajstić information content (AvgIpc) is 2.57. The number of hydrogen-bond acceptors (Lipinski definition) is 7. The molecule has 1 heterocycles. The highest BCUT2D eigenvalue weighted by Gasteiger charge is 2.55. The highest BCUT2D eigenvalue weighted by Crippen LogP contribution is 2.41. The van der Waals surface area contributed by atoms with Gasteiger partial charge in [-0.3, -0.25) is 4.79 Å². The number of hydrogen-bond donors (Lipinski definition) is 1. The first-order valence-corrected chi connectivity index (χ1v) is 13.8. The number of aliphatic hydroxyl groups is 1. The van der Waals surface area contributed by atoms with Crippen LogP contribution in [0.25, 0.3) is 0 Å². The molecular weight excluding hydrogens is 414 g/mol. The third kappa shape index (κ3) is 5.66. The van der Waals surface area contributed by atoms with Crippen LogP contribution >= 0.6 is 24.0 Å². The number of esters is 1. The maximum atomic E-state index is 12.9. The molecule has 0 unspecified atom stereocenters. The number of thiocarbonyl (C=S) groups is 1. The predicted molar refractivity (Wildman–Crippen MR) is 120 cm³/mol. The molecule has 0 bridgehead atoms. The van der Waals surface area contributed by atoms with E-state index in [-0.39, 0.29) is 23.7 Å². The molecule has 0 aromatic carbocycles. The number of likely N-dealkylation sites (tertiary alicyclic amines) is 1. The SMILES string of the molecule is C=CCOC(=O)[C@@H](O)N1C(=O)[C@H]([C@@H](C)O[Si](C)(C)C(C)(C)C)[C@H]1CC(=S)SC. The van der Waals surface area contributed by atoms with Gasteiger partial charge < -0.3 is 19.2 Å². The molecule has 1 fully saturated rings. The molecule has 0 aromatic rings. The van der Waals surface area contributed by atoms with Gasteiger partial charge in [0.05, 0.1) is 18.1 Å². The molecular formula is C19H33NO5S2Si. The summed E-state index contributed by atoms with van der Waals surface area (Å²) in [5.74, 6) is -1.64. The summed E-state index contributed by atoms with van der Waals surface area (Å²) < 4.78 is 12.0. The number of aliphatic hydroxyl groups excluding tert-OH is 1. The second-order valence-corrected chi connectivity index (χ2v) is 14.9. The lowest BCUT2D eigenvalue weighted by Gasteiger charge is -2.52. The Kier molecular flexibility index (Phi) is 8.89. The van der Waals surface area contributed by atoms with E-state index in [1.165, 1.54) is 22.7 Å². The molecule has 0 aromatic heterocycles. The van der Waals surface area contributed by atoms with E-state index < -0.39 is 32.5 Å². The van der Waals surface area contributed by atoms with Gasteiger partial charge in [0.15, 0.2) is 8.32 Å². The first-order chi connectivity index (χ1) is 12.8. The standard InChI is InChI=1S/C19H33NO5S2Si/c1-9-10-24-18(23)17(22)20-13(11-14(26)27-6)15(16(20)21)12(2)25-28(7,8)19(3,4)5/h9,12-13,15,17,22H,1,10-11H2,2-8H3/t12-,13-,15-,17-/m1/s1. The largest absolute Gasteiger partial charge is 0.458 e. The fraction of sp³-hybridized carbons (Fsp3) is 0.737. The zero-order valence-electron chi connectivity index (χ0n) is 17.9. The van der Waals surface area contributed by atoms with Gasteiger partial charge in [0.25, 0.3) is 0 Å². The maximum absolute atomic E-state index is 12.9. The Labute approximate surface area is 179 Å². The molecule has 0 saturated carbocycles. The van der Waals surface area contributed by atoms with Crippen molar-refractivity contribution in [3.8, 4) is 0 Å². The number of thioether (sulfide) groups is 1. The zero-order valence-corrected chi connectivity index (χ0v) is 20.5. The second-order valence-electron chi connectivity index (χ2n) is 8.49. The van der Waals surface area contributed by atoms with Crippen LogP contribution in [0.15, 0.2) is 12.7 Å². The maximum Gasteiger partial charge on any atom is 0.356 e. The molecule has 1 saturated heterocycles. The smallest absolute Gasteiger partial charge is 0.356 e. The second kappa shape index (κ2) is 9.84. The molecule has 28 heavy (non-hydrogen) atoms. The summed E-state index contributed by atoms with van der Waals surface area (Å²) in [6.07, 6.45) is 1.69. The number of amides is 1. The first kappa shape index (κ1) is 25.3. The lowest BCUT2D eigenvalue weighted by atomic mass is 9.81. The Morgan fingerprint density at radius 2 is 2.04 bits per heavy atom. The van der Waals surface area contributed by atoms with Gasteiger partial charge in [-0.05, 0) is 31.3 Å². The van der Waals surface area contributed by atoms with Gasteiger partial charge in [-0.15, -0.1) is 11.8 Å². The molecule has 1 aliphatic rings. The van der Waals surface area contributed by atoms with Crippen LogP contribution < -0.4 is 0 Å². The third-order valence-electron chi connectivity index (χ3n) is 5.53. The molecule has 1 N–H and O–H groups in total. The Hall–Kier alpha value is -0.743. The lowest BCUT2D eigenvalue weighted by Crippen LogP contribution is -2.70. The Morgan fingerprint density at radius 1 is 1.46 bits per heavy atom. The molecule has 160 valence electrons. The Balaban J connectivity index is 3.02. The Morgan fingerprint density at radius 3 is 2.50 bits per heavy atom. The average molecular weight is 448 g/mol. The molecule has 1 amide bonds. The fourth-order valence-electron chi connectivity index (χ4n) is 2.93. The molecule has 9 heteroatoms. The lowest BCUT2D eigenvalue weighted by molar-refractivity contribution is -0.195. The molecule has 1 rings (SSSR count). The summed E-state index contributed by atoms with van der Waals surface area (Å²) in [5.41, 5.74) is 0. The molecule has 6 nitrogen and oxygen atoms in total. The van der Waals surface area contributed by atoms with Crippen LogP contribution in [-0.2, 0) is 18.8 Å². The minimum atomic E-state index is -2.08. The van der Waals surface area contributed by atoms with E-state index in [1.54, 1.807) is 0 Å². The van der Waals surface area contributed by atoms with E-state index in [9.17, 15) is 14.7 Å². The first-order valence-electron chi connectivity index (χ1n) is 9.31. The van der Waals surface area contributed by atoms with E-state index >= 15 is 0 Å². The van der Waals surface area contributed by atoms with Crippen LogP contribution in [0, 0.1) is 5.92 Å². The van der Waals surface area contributed by atoms with Gasteiger partial charge in [0.1, 0.15) is 6.61 Å². The minimum absolute atomic E-state index is 0.00577. The van der Waals surface area contributed by atoms with Crippen molar-refractivity contribution in [2.24, 2.45) is 5.92 Å². The fourth-order valence-corrected chi connectivity index (χ4v) is 4.87. The molecule has 1 aliphatic heterocycles. The van der Waals surface area contributed by atoms with Gasteiger partial charge in [0.2, 0.25) is 12.1 Å². The van der Waals surface area contributed by atoms with Crippen molar-refractivity contribution in [2.75, 3.05) is 12.9 Å². The predicted octanol–water partition coefficient (Wildman–Crippen LogP) is 3.35. The van der Waals surface area contributed by atoms with Crippen molar-refractivity contribution in [1.82, 2.24) is 4.90 Å². The number of carbonyl (C=O) groups is 2. The van der Waals surface area contributed by atoms with Crippen molar-refractivity contribution < 1.29 is 23.9 Å². The van der Waals surface area contributed by atoms with Crippen molar-refractivity contribution >= 4 is 48.4 Å². The monoisotopic (exact) mass is 447 g/mol. The van der Waals surface area contributed by atoms with Crippen LogP contribution in [0.5, 0.6) is 0 Å². The summed E-state index contributed by atoms with van der Waals surface area (Å²) in [4.78, 5) is 26.1. The third-order valence-corrected chi connectivity index (χ3v) is 11.4. The van der Waals surface area contributed by atoms with Crippen LogP contribution in [-0.4, -0.2) is 65.6 Å². The van der Waals surface area contributed by atoms with Gasteiger partial charge >= 0.3 is 5.97 Å². The number of β-lactam (4-membered cyclic amide) rings is 1. The van der Waals surface area contributed by atoms with Crippen LogP contribution in [0.1, 0.15) is 34.1 Å². The van der Waals surface area contributed by atoms with Gasteiger partial charge in [-0.1, -0.05) is 45.6 Å². The van der Waals surface area contributed by atoms with Gasteiger partial charge in [-0.25, -0.2) is 4.79 Å². The van der Waals surface area contributed by atoms with Crippen molar-refractivity contribution in [2.45, 2.75) is 70.6 Å².